The lowest BCUT2D eigenvalue weighted by Gasteiger charge is -2.22. The number of sulfone groups is 1. The number of hydrogen-bond acceptors (Lipinski definition) is 5. The van der Waals surface area contributed by atoms with E-state index in [1.54, 1.807) is 18.2 Å². The molecule has 1 aliphatic heterocycles. The lowest BCUT2D eigenvalue weighted by Crippen LogP contribution is -2.40. The maximum absolute atomic E-state index is 12.9. The number of carbonyl (C=O) groups is 1. The van der Waals surface area contributed by atoms with Crippen molar-refractivity contribution in [2.45, 2.75) is 18.5 Å². The van der Waals surface area contributed by atoms with Gasteiger partial charge in [0, 0.05) is 11.7 Å². The fraction of sp³-hybridized carbons (Fsp3) is 0.316. The minimum Gasteiger partial charge on any atom is -0.495 e. The quantitative estimate of drug-likeness (QED) is 0.767. The zero-order chi connectivity index (χ0) is 19.4. The van der Waals surface area contributed by atoms with Crippen LogP contribution in [0.3, 0.4) is 0 Å². The van der Waals surface area contributed by atoms with Crippen LogP contribution in [-0.2, 0) is 14.6 Å². The predicted molar refractivity (Wildman–Crippen MR) is 106 cm³/mol. The molecule has 0 unspecified atom stereocenters. The van der Waals surface area contributed by atoms with Crippen LogP contribution in [0, 0.1) is 0 Å². The Morgan fingerprint density at radius 3 is 2.56 bits per heavy atom. The summed E-state index contributed by atoms with van der Waals surface area (Å²) in [4.78, 5) is 12.9. The van der Waals surface area contributed by atoms with Crippen molar-refractivity contribution in [2.24, 2.45) is 0 Å². The highest BCUT2D eigenvalue weighted by Crippen LogP contribution is 2.28. The summed E-state index contributed by atoms with van der Waals surface area (Å²) in [6.07, 6.45) is 0.493. The molecule has 6 nitrogen and oxygen atoms in total. The molecule has 2 aromatic carbocycles. The van der Waals surface area contributed by atoms with Crippen LogP contribution in [0.4, 0.5) is 5.69 Å². The Labute approximate surface area is 163 Å². The van der Waals surface area contributed by atoms with Crippen molar-refractivity contribution in [3.8, 4) is 5.75 Å². The Kier molecular flexibility index (Phi) is 6.04. The summed E-state index contributed by atoms with van der Waals surface area (Å²) in [5.41, 5.74) is 1.30. The molecule has 1 amide bonds. The zero-order valence-electron chi connectivity index (χ0n) is 14.8. The minimum absolute atomic E-state index is 0.0397. The second-order valence-corrected chi connectivity index (χ2v) is 9.08. The first-order chi connectivity index (χ1) is 12.9. The van der Waals surface area contributed by atoms with Crippen LogP contribution in [-0.4, -0.2) is 39.0 Å². The molecular formula is C19H21ClN2O4S. The molecule has 1 saturated heterocycles. The first-order valence-corrected chi connectivity index (χ1v) is 10.7. The number of amides is 1. The zero-order valence-corrected chi connectivity index (χ0v) is 16.4. The highest BCUT2D eigenvalue weighted by molar-refractivity contribution is 7.91. The van der Waals surface area contributed by atoms with Crippen LogP contribution in [0.5, 0.6) is 5.75 Å². The van der Waals surface area contributed by atoms with Gasteiger partial charge in [-0.1, -0.05) is 41.9 Å². The van der Waals surface area contributed by atoms with Crippen molar-refractivity contribution in [1.82, 2.24) is 5.32 Å². The number of rotatable bonds is 6. The van der Waals surface area contributed by atoms with Gasteiger partial charge in [0.15, 0.2) is 9.84 Å². The molecule has 2 atom stereocenters. The van der Waals surface area contributed by atoms with Crippen LogP contribution >= 0.6 is 11.6 Å². The van der Waals surface area contributed by atoms with E-state index in [-0.39, 0.29) is 23.5 Å². The average molecular weight is 409 g/mol. The second-order valence-electron chi connectivity index (χ2n) is 6.45. The molecule has 1 aliphatic rings. The number of halogens is 1. The van der Waals surface area contributed by atoms with E-state index in [9.17, 15) is 13.2 Å². The van der Waals surface area contributed by atoms with Gasteiger partial charge in [-0.3, -0.25) is 10.1 Å². The summed E-state index contributed by atoms with van der Waals surface area (Å²) in [7, 11) is -1.53. The topological polar surface area (TPSA) is 84.5 Å². The summed E-state index contributed by atoms with van der Waals surface area (Å²) < 4.78 is 28.6. The van der Waals surface area contributed by atoms with Crippen molar-refractivity contribution in [2.75, 3.05) is 23.9 Å². The van der Waals surface area contributed by atoms with Gasteiger partial charge in [-0.15, -0.1) is 0 Å². The first-order valence-electron chi connectivity index (χ1n) is 8.54. The van der Waals surface area contributed by atoms with E-state index >= 15 is 0 Å². The van der Waals surface area contributed by atoms with Crippen molar-refractivity contribution in [3.63, 3.8) is 0 Å². The van der Waals surface area contributed by atoms with Crippen molar-refractivity contribution in [1.29, 1.82) is 0 Å². The van der Waals surface area contributed by atoms with Gasteiger partial charge in [-0.2, -0.15) is 0 Å². The Bertz CT molecular complexity index is 919. The van der Waals surface area contributed by atoms with Crippen molar-refractivity contribution < 1.29 is 17.9 Å². The molecule has 144 valence electrons. The first kappa shape index (κ1) is 19.7. The fourth-order valence-corrected chi connectivity index (χ4v) is 5.03. The Morgan fingerprint density at radius 1 is 1.22 bits per heavy atom. The molecule has 0 bridgehead atoms. The number of anilines is 1. The van der Waals surface area contributed by atoms with E-state index in [1.165, 1.54) is 7.11 Å². The maximum atomic E-state index is 12.9. The molecule has 2 aromatic rings. The Morgan fingerprint density at radius 2 is 1.96 bits per heavy atom. The van der Waals surface area contributed by atoms with Gasteiger partial charge in [-0.25, -0.2) is 8.42 Å². The largest absolute Gasteiger partial charge is 0.495 e. The van der Waals surface area contributed by atoms with Crippen LogP contribution in [0.1, 0.15) is 18.0 Å². The van der Waals surface area contributed by atoms with Gasteiger partial charge in [0.2, 0.25) is 5.91 Å². The number of nitrogens with one attached hydrogen (secondary N) is 2. The minimum atomic E-state index is -3.05. The normalized spacial score (nSPS) is 19.4. The summed E-state index contributed by atoms with van der Waals surface area (Å²) >= 11 is 6.12. The fourth-order valence-electron chi connectivity index (χ4n) is 3.09. The highest BCUT2D eigenvalue weighted by atomic mass is 35.5. The summed E-state index contributed by atoms with van der Waals surface area (Å²) in [6, 6.07) is 13.3. The van der Waals surface area contributed by atoms with Crippen molar-refractivity contribution >= 4 is 33.0 Å². The predicted octanol–water partition coefficient (Wildman–Crippen LogP) is 2.81. The lowest BCUT2D eigenvalue weighted by molar-refractivity contribution is -0.118. The lowest BCUT2D eigenvalue weighted by atomic mass is 10.0. The highest BCUT2D eigenvalue weighted by Gasteiger charge is 2.32. The molecule has 3 rings (SSSR count). The maximum Gasteiger partial charge on any atom is 0.246 e. The molecule has 1 heterocycles. The second kappa shape index (κ2) is 8.29. The molecule has 2 N–H and O–H groups in total. The third-order valence-electron chi connectivity index (χ3n) is 4.45. The van der Waals surface area contributed by atoms with Gasteiger partial charge in [-0.05, 0) is 30.2 Å². The van der Waals surface area contributed by atoms with Gasteiger partial charge >= 0.3 is 0 Å². The van der Waals surface area contributed by atoms with E-state index in [0.29, 0.717) is 22.9 Å². The van der Waals surface area contributed by atoms with E-state index in [1.807, 2.05) is 30.3 Å². The van der Waals surface area contributed by atoms with Crippen molar-refractivity contribution in [3.05, 3.63) is 59.1 Å². The number of hydrogen-bond donors (Lipinski definition) is 2. The smallest absolute Gasteiger partial charge is 0.246 e. The Balaban J connectivity index is 1.79. The standard InChI is InChI=1S/C19H21ClN2O4S/c1-26-17-8-7-14(11-16(17)20)22-19(23)18(13-5-3-2-4-6-13)21-15-9-10-27(24,25)12-15/h2-8,11,15,18,21H,9-10,12H2,1H3,(H,22,23)/t15-,18-/m1/s1. The van der Waals surface area contributed by atoms with E-state index in [0.717, 1.165) is 5.56 Å². The average Bonchev–Trinajstić information content (AvgIpc) is 2.99. The molecule has 1 fully saturated rings. The van der Waals surface area contributed by atoms with Gasteiger partial charge in [0.1, 0.15) is 11.8 Å². The van der Waals surface area contributed by atoms with E-state index in [4.69, 9.17) is 16.3 Å². The number of carbonyl (C=O) groups excluding carboxylic acids is 1. The van der Waals surface area contributed by atoms with Gasteiger partial charge < -0.3 is 10.1 Å². The molecule has 0 radical (unpaired) electrons. The molecule has 0 aromatic heterocycles. The van der Waals surface area contributed by atoms with Crippen LogP contribution in [0.2, 0.25) is 5.02 Å². The third kappa shape index (κ3) is 5.00. The SMILES string of the molecule is COc1ccc(NC(=O)[C@H](N[C@@H]2CCS(=O)(=O)C2)c2ccccc2)cc1Cl. The van der Waals surface area contributed by atoms with Crippen LogP contribution < -0.4 is 15.4 Å². The number of ether oxygens (including phenoxy) is 1. The molecule has 27 heavy (non-hydrogen) atoms. The van der Waals surface area contributed by atoms with E-state index < -0.39 is 15.9 Å². The molecule has 0 spiro atoms. The molecule has 8 heteroatoms. The summed E-state index contributed by atoms with van der Waals surface area (Å²) in [6.45, 7) is 0. The van der Waals surface area contributed by atoms with Gasteiger partial charge in [0.05, 0.1) is 23.6 Å². The van der Waals surface area contributed by atoms with Crippen LogP contribution in [0.15, 0.2) is 48.5 Å². The van der Waals surface area contributed by atoms with Crippen LogP contribution in [0.25, 0.3) is 0 Å². The molecule has 0 saturated carbocycles. The monoisotopic (exact) mass is 408 g/mol. The van der Waals surface area contributed by atoms with Gasteiger partial charge in [0.25, 0.3) is 0 Å². The molecular weight excluding hydrogens is 388 g/mol. The Hall–Kier alpha value is -2.09. The third-order valence-corrected chi connectivity index (χ3v) is 6.51. The summed E-state index contributed by atoms with van der Waals surface area (Å²) in [5.74, 6) is 0.412. The molecule has 0 aliphatic carbocycles. The number of benzene rings is 2. The number of methoxy groups -OCH3 is 1. The summed E-state index contributed by atoms with van der Waals surface area (Å²) in [5, 5.41) is 6.42. The van der Waals surface area contributed by atoms with E-state index in [2.05, 4.69) is 10.6 Å².